The summed E-state index contributed by atoms with van der Waals surface area (Å²) in [5.74, 6) is 0.773. The van der Waals surface area contributed by atoms with Gasteiger partial charge in [-0.25, -0.2) is 14.6 Å². The van der Waals surface area contributed by atoms with Gasteiger partial charge in [-0.15, -0.1) is 5.10 Å². The maximum Gasteiger partial charge on any atom is 0.154 e. The first-order valence-corrected chi connectivity index (χ1v) is 5.80. The van der Waals surface area contributed by atoms with E-state index >= 15 is 0 Å². The Kier molecular flexibility index (Phi) is 3.64. The van der Waals surface area contributed by atoms with Gasteiger partial charge in [0.1, 0.15) is 11.4 Å². The highest BCUT2D eigenvalue weighted by Gasteiger charge is 2.12. The lowest BCUT2D eigenvalue weighted by Crippen LogP contribution is -2.07. The van der Waals surface area contributed by atoms with E-state index in [2.05, 4.69) is 32.5 Å². The van der Waals surface area contributed by atoms with Crippen LogP contribution in [0.2, 0.25) is 0 Å². The maximum absolute atomic E-state index is 4.36. The zero-order valence-corrected chi connectivity index (χ0v) is 10.1. The second-order valence-electron chi connectivity index (χ2n) is 3.63. The summed E-state index contributed by atoms with van der Waals surface area (Å²) in [6.07, 6.45) is 6.09. The average Bonchev–Trinajstić information content (AvgIpc) is 2.79. The standard InChI is InChI=1S/C11H16N6/c1-3-7-17-9(8-15-16-17)10-11(12-4-2)14-6-5-13-10/h5-6,8H,3-4,7H2,1-2H3,(H,12,14). The molecule has 0 atom stereocenters. The third-order valence-corrected chi connectivity index (χ3v) is 2.34. The molecule has 90 valence electrons. The lowest BCUT2D eigenvalue weighted by atomic mass is 10.3. The fraction of sp³-hybridized carbons (Fsp3) is 0.455. The van der Waals surface area contributed by atoms with E-state index < -0.39 is 0 Å². The third kappa shape index (κ3) is 2.41. The van der Waals surface area contributed by atoms with Gasteiger partial charge in [-0.2, -0.15) is 0 Å². The molecule has 2 aromatic heterocycles. The summed E-state index contributed by atoms with van der Waals surface area (Å²) in [5.41, 5.74) is 1.70. The lowest BCUT2D eigenvalue weighted by Gasteiger charge is -2.08. The van der Waals surface area contributed by atoms with Crippen LogP contribution >= 0.6 is 0 Å². The summed E-state index contributed by atoms with van der Waals surface area (Å²) < 4.78 is 1.85. The van der Waals surface area contributed by atoms with Crippen molar-refractivity contribution >= 4 is 5.82 Å². The van der Waals surface area contributed by atoms with Crippen LogP contribution in [0.25, 0.3) is 11.4 Å². The predicted molar refractivity (Wildman–Crippen MR) is 65.5 cm³/mol. The zero-order valence-electron chi connectivity index (χ0n) is 10.1. The Bertz CT molecular complexity index is 478. The van der Waals surface area contributed by atoms with E-state index in [4.69, 9.17) is 0 Å². The van der Waals surface area contributed by atoms with Crippen LogP contribution in [0.15, 0.2) is 18.6 Å². The van der Waals surface area contributed by atoms with Crippen LogP contribution in [0.4, 0.5) is 5.82 Å². The fourth-order valence-electron chi connectivity index (χ4n) is 1.64. The molecule has 0 aliphatic heterocycles. The molecule has 0 amide bonds. The third-order valence-electron chi connectivity index (χ3n) is 2.34. The zero-order chi connectivity index (χ0) is 12.1. The van der Waals surface area contributed by atoms with Gasteiger partial charge in [0.2, 0.25) is 0 Å². The van der Waals surface area contributed by atoms with Crippen molar-refractivity contribution in [3.63, 3.8) is 0 Å². The van der Waals surface area contributed by atoms with E-state index in [1.54, 1.807) is 18.6 Å². The summed E-state index contributed by atoms with van der Waals surface area (Å²) in [5, 5.41) is 11.2. The van der Waals surface area contributed by atoms with Crippen molar-refractivity contribution in [3.8, 4) is 11.4 Å². The van der Waals surface area contributed by atoms with Gasteiger partial charge in [0.25, 0.3) is 0 Å². The minimum atomic E-state index is 0.773. The topological polar surface area (TPSA) is 68.5 Å². The van der Waals surface area contributed by atoms with E-state index in [1.165, 1.54) is 0 Å². The molecule has 0 aromatic carbocycles. The first-order chi connectivity index (χ1) is 8.36. The Labute approximate surface area is 100 Å². The summed E-state index contributed by atoms with van der Waals surface area (Å²) in [6.45, 7) is 5.77. The monoisotopic (exact) mass is 232 g/mol. The Morgan fingerprint density at radius 1 is 1.24 bits per heavy atom. The van der Waals surface area contributed by atoms with Crippen LogP contribution in [0.1, 0.15) is 20.3 Å². The number of rotatable bonds is 5. The molecule has 17 heavy (non-hydrogen) atoms. The van der Waals surface area contributed by atoms with Crippen molar-refractivity contribution in [1.29, 1.82) is 0 Å². The van der Waals surface area contributed by atoms with E-state index in [9.17, 15) is 0 Å². The highest BCUT2D eigenvalue weighted by atomic mass is 15.4. The number of aromatic nitrogens is 5. The van der Waals surface area contributed by atoms with Crippen LogP contribution in [-0.4, -0.2) is 31.5 Å². The van der Waals surface area contributed by atoms with Crippen molar-refractivity contribution in [3.05, 3.63) is 18.6 Å². The fourth-order valence-corrected chi connectivity index (χ4v) is 1.64. The van der Waals surface area contributed by atoms with Crippen LogP contribution in [0.5, 0.6) is 0 Å². The van der Waals surface area contributed by atoms with Gasteiger partial charge in [-0.1, -0.05) is 12.1 Å². The number of anilines is 1. The summed E-state index contributed by atoms with van der Waals surface area (Å²) in [4.78, 5) is 8.64. The molecule has 1 N–H and O–H groups in total. The minimum Gasteiger partial charge on any atom is -0.368 e. The molecule has 0 saturated carbocycles. The molecule has 2 aromatic rings. The molecule has 2 rings (SSSR count). The van der Waals surface area contributed by atoms with Crippen LogP contribution in [-0.2, 0) is 6.54 Å². The number of hydrogen-bond acceptors (Lipinski definition) is 5. The van der Waals surface area contributed by atoms with Gasteiger partial charge in [0, 0.05) is 25.5 Å². The van der Waals surface area contributed by atoms with Crippen LogP contribution < -0.4 is 5.32 Å². The molecule has 2 heterocycles. The predicted octanol–water partition coefficient (Wildman–Crippen LogP) is 1.58. The molecule has 0 unspecified atom stereocenters. The van der Waals surface area contributed by atoms with Crippen LogP contribution in [0.3, 0.4) is 0 Å². The van der Waals surface area contributed by atoms with Crippen molar-refractivity contribution in [2.24, 2.45) is 0 Å². The minimum absolute atomic E-state index is 0.773. The summed E-state index contributed by atoms with van der Waals surface area (Å²) in [6, 6.07) is 0. The van der Waals surface area contributed by atoms with Crippen molar-refractivity contribution in [1.82, 2.24) is 25.0 Å². The van der Waals surface area contributed by atoms with Crippen molar-refractivity contribution in [2.45, 2.75) is 26.8 Å². The molecule has 0 radical (unpaired) electrons. The van der Waals surface area contributed by atoms with Gasteiger partial charge in [0.05, 0.1) is 6.20 Å². The summed E-state index contributed by atoms with van der Waals surface area (Å²) in [7, 11) is 0. The second-order valence-corrected chi connectivity index (χ2v) is 3.63. The largest absolute Gasteiger partial charge is 0.368 e. The first kappa shape index (κ1) is 11.5. The Hall–Kier alpha value is -1.98. The molecule has 6 nitrogen and oxygen atoms in total. The van der Waals surface area contributed by atoms with Gasteiger partial charge in [0.15, 0.2) is 5.82 Å². The quantitative estimate of drug-likeness (QED) is 0.847. The molecule has 0 aliphatic carbocycles. The molecule has 0 bridgehead atoms. The SMILES string of the molecule is CCCn1nncc1-c1nccnc1NCC. The van der Waals surface area contributed by atoms with E-state index in [-0.39, 0.29) is 0 Å². The second kappa shape index (κ2) is 5.38. The van der Waals surface area contributed by atoms with Crippen LogP contribution in [0, 0.1) is 0 Å². The first-order valence-electron chi connectivity index (χ1n) is 5.80. The Morgan fingerprint density at radius 2 is 2.06 bits per heavy atom. The molecule has 0 fully saturated rings. The van der Waals surface area contributed by atoms with E-state index in [0.717, 1.165) is 36.7 Å². The van der Waals surface area contributed by atoms with Gasteiger partial charge < -0.3 is 5.32 Å². The molecular formula is C11H16N6. The van der Waals surface area contributed by atoms with Gasteiger partial charge in [-0.3, -0.25) is 0 Å². The van der Waals surface area contributed by atoms with Crippen molar-refractivity contribution < 1.29 is 0 Å². The molecule has 0 spiro atoms. The van der Waals surface area contributed by atoms with E-state index in [1.807, 2.05) is 11.6 Å². The lowest BCUT2D eigenvalue weighted by molar-refractivity contribution is 0.583. The number of nitrogens with one attached hydrogen (secondary N) is 1. The molecule has 0 aliphatic rings. The number of aryl methyl sites for hydroxylation is 1. The number of nitrogens with zero attached hydrogens (tertiary/aromatic N) is 5. The molecule has 0 saturated heterocycles. The number of hydrogen-bond donors (Lipinski definition) is 1. The average molecular weight is 232 g/mol. The van der Waals surface area contributed by atoms with E-state index in [0.29, 0.717) is 0 Å². The molecule has 6 heteroatoms. The summed E-state index contributed by atoms with van der Waals surface area (Å²) >= 11 is 0. The Morgan fingerprint density at radius 3 is 2.82 bits per heavy atom. The van der Waals surface area contributed by atoms with Gasteiger partial charge in [-0.05, 0) is 13.3 Å². The maximum atomic E-state index is 4.36. The van der Waals surface area contributed by atoms with Gasteiger partial charge >= 0.3 is 0 Å². The normalized spacial score (nSPS) is 10.5. The highest BCUT2D eigenvalue weighted by molar-refractivity contribution is 5.67. The Balaban J connectivity index is 2.41. The van der Waals surface area contributed by atoms with Crippen molar-refractivity contribution in [2.75, 3.05) is 11.9 Å². The highest BCUT2D eigenvalue weighted by Crippen LogP contribution is 2.22. The molecular weight excluding hydrogens is 216 g/mol. The smallest absolute Gasteiger partial charge is 0.154 e.